The lowest BCUT2D eigenvalue weighted by atomic mass is 10.1. The molecule has 0 spiro atoms. The molecule has 2 aromatic carbocycles. The van der Waals surface area contributed by atoms with E-state index >= 15 is 0 Å². The number of nitrogens with zero attached hydrogens (tertiary/aromatic N) is 2. The maximum absolute atomic E-state index is 13.1. The predicted octanol–water partition coefficient (Wildman–Crippen LogP) is 0.221. The number of hydrogen-bond donors (Lipinski definition) is 2. The summed E-state index contributed by atoms with van der Waals surface area (Å²) in [6.45, 7) is 11.1. The maximum Gasteiger partial charge on any atom is 0.280 e. The second kappa shape index (κ2) is 10.6. The number of amides is 1. The Labute approximate surface area is 186 Å². The number of carbonyl (C=O) groups excluding carboxylic acids is 1. The van der Waals surface area contributed by atoms with Gasteiger partial charge in [-0.3, -0.25) is 4.79 Å². The Balaban J connectivity index is 1.20. The molecule has 2 saturated heterocycles. The van der Waals surface area contributed by atoms with Gasteiger partial charge in [0.1, 0.15) is 26.2 Å². The van der Waals surface area contributed by atoms with Crippen molar-refractivity contribution in [2.24, 2.45) is 0 Å². The van der Waals surface area contributed by atoms with Crippen molar-refractivity contribution in [3.63, 3.8) is 0 Å². The number of carbonyl (C=O) groups is 1. The van der Waals surface area contributed by atoms with Crippen molar-refractivity contribution in [3.8, 4) is 0 Å². The third-order valence-corrected chi connectivity index (χ3v) is 6.81. The molecule has 2 heterocycles. The molecular weight excluding hydrogens is 384 g/mol. The van der Waals surface area contributed by atoms with Gasteiger partial charge in [-0.25, -0.2) is 0 Å². The molecule has 2 N–H and O–H groups in total. The van der Waals surface area contributed by atoms with Crippen molar-refractivity contribution in [1.82, 2.24) is 4.90 Å². The molecule has 0 radical (unpaired) electrons. The van der Waals surface area contributed by atoms with Gasteiger partial charge in [-0.15, -0.1) is 0 Å². The molecule has 0 unspecified atom stereocenters. The highest BCUT2D eigenvalue weighted by Gasteiger charge is 2.34. The molecule has 0 aliphatic carbocycles. The van der Waals surface area contributed by atoms with E-state index in [4.69, 9.17) is 0 Å². The lowest BCUT2D eigenvalue weighted by Crippen LogP contribution is -3.30. The van der Waals surface area contributed by atoms with Gasteiger partial charge >= 0.3 is 0 Å². The van der Waals surface area contributed by atoms with Gasteiger partial charge < -0.3 is 19.6 Å². The van der Waals surface area contributed by atoms with Gasteiger partial charge in [0, 0.05) is 31.9 Å². The smallest absolute Gasteiger partial charge is 0.280 e. The molecular formula is C26H36N4O+2. The summed E-state index contributed by atoms with van der Waals surface area (Å²) in [6, 6.07) is 21.1. The van der Waals surface area contributed by atoms with E-state index in [1.54, 1.807) is 4.90 Å². The Morgan fingerprint density at radius 1 is 0.903 bits per heavy atom. The maximum atomic E-state index is 13.1. The van der Waals surface area contributed by atoms with E-state index in [1.807, 2.05) is 0 Å². The fourth-order valence-corrected chi connectivity index (χ4v) is 4.76. The fourth-order valence-electron chi connectivity index (χ4n) is 4.76. The largest absolute Gasteiger partial charge is 0.368 e. The molecule has 0 bridgehead atoms. The van der Waals surface area contributed by atoms with E-state index < -0.39 is 0 Å². The molecule has 2 fully saturated rings. The van der Waals surface area contributed by atoms with Crippen LogP contribution in [0.4, 0.5) is 5.69 Å². The Morgan fingerprint density at radius 2 is 1.52 bits per heavy atom. The SMILES string of the molecule is C[C@@H](C(=O)N1CCN(c2ccccc2)CC1)[NH+]1CC[NH+](C/C=C/c2ccccc2)CC1. The number of piperazine rings is 2. The van der Waals surface area contributed by atoms with Crippen LogP contribution < -0.4 is 14.7 Å². The Kier molecular flexibility index (Phi) is 7.39. The third-order valence-electron chi connectivity index (χ3n) is 6.81. The van der Waals surface area contributed by atoms with Crippen LogP contribution in [0.2, 0.25) is 0 Å². The van der Waals surface area contributed by atoms with E-state index in [0.29, 0.717) is 5.91 Å². The minimum absolute atomic E-state index is 0.0599. The normalized spacial score (nSPS) is 23.1. The van der Waals surface area contributed by atoms with Crippen molar-refractivity contribution >= 4 is 17.7 Å². The van der Waals surface area contributed by atoms with Crippen LogP contribution in [-0.2, 0) is 4.79 Å². The van der Waals surface area contributed by atoms with Crippen LogP contribution in [0.3, 0.4) is 0 Å². The molecule has 4 rings (SSSR count). The number of nitrogens with one attached hydrogen (secondary N) is 2. The van der Waals surface area contributed by atoms with Crippen LogP contribution in [0.15, 0.2) is 66.7 Å². The standard InChI is InChI=1S/C26H34N4O/c1-23(26(31)30-21-19-29(20-22-30)25-12-6-3-7-13-25)28-17-15-27(16-18-28)14-8-11-24-9-4-2-5-10-24/h2-13,23H,14-22H2,1H3/p+2/b11-8+/t23-/m0/s1. The van der Waals surface area contributed by atoms with Crippen LogP contribution >= 0.6 is 0 Å². The number of para-hydroxylation sites is 1. The molecule has 0 aromatic heterocycles. The summed E-state index contributed by atoms with van der Waals surface area (Å²) in [5.41, 5.74) is 2.52. The van der Waals surface area contributed by atoms with E-state index in [1.165, 1.54) is 16.2 Å². The summed E-state index contributed by atoms with van der Waals surface area (Å²) < 4.78 is 0. The molecule has 2 aliphatic heterocycles. The molecule has 31 heavy (non-hydrogen) atoms. The number of benzene rings is 2. The minimum Gasteiger partial charge on any atom is -0.368 e. The molecule has 5 nitrogen and oxygen atoms in total. The van der Waals surface area contributed by atoms with E-state index in [9.17, 15) is 4.79 Å². The van der Waals surface area contributed by atoms with Crippen LogP contribution in [0.1, 0.15) is 12.5 Å². The second-order valence-electron chi connectivity index (χ2n) is 8.79. The van der Waals surface area contributed by atoms with Crippen LogP contribution in [0.25, 0.3) is 6.08 Å². The summed E-state index contributed by atoms with van der Waals surface area (Å²) >= 11 is 0. The van der Waals surface area contributed by atoms with E-state index in [2.05, 4.69) is 89.5 Å². The zero-order valence-electron chi connectivity index (χ0n) is 18.7. The molecule has 2 aromatic rings. The quantitative estimate of drug-likeness (QED) is 0.701. The van der Waals surface area contributed by atoms with Crippen molar-refractivity contribution in [2.45, 2.75) is 13.0 Å². The summed E-state index contributed by atoms with van der Waals surface area (Å²) in [5.74, 6) is 0.329. The molecule has 164 valence electrons. The van der Waals surface area contributed by atoms with Crippen LogP contribution in [0.5, 0.6) is 0 Å². The summed E-state index contributed by atoms with van der Waals surface area (Å²) in [6.07, 6.45) is 4.50. The fraction of sp³-hybridized carbons (Fsp3) is 0.423. The first-order valence-corrected chi connectivity index (χ1v) is 11.7. The zero-order chi connectivity index (χ0) is 21.5. The Morgan fingerprint density at radius 3 is 2.16 bits per heavy atom. The first-order chi connectivity index (χ1) is 15.2. The highest BCUT2D eigenvalue weighted by molar-refractivity contribution is 5.80. The topological polar surface area (TPSA) is 32.4 Å². The van der Waals surface area contributed by atoms with Gasteiger partial charge in [0.15, 0.2) is 6.04 Å². The first-order valence-electron chi connectivity index (χ1n) is 11.7. The van der Waals surface area contributed by atoms with Crippen molar-refractivity contribution in [3.05, 3.63) is 72.3 Å². The lowest BCUT2D eigenvalue weighted by molar-refractivity contribution is -1.02. The van der Waals surface area contributed by atoms with Gasteiger partial charge in [0.05, 0.1) is 6.54 Å². The highest BCUT2D eigenvalue weighted by atomic mass is 16.2. The molecule has 5 heteroatoms. The predicted molar refractivity (Wildman–Crippen MR) is 126 cm³/mol. The third kappa shape index (κ3) is 5.75. The number of hydrogen-bond acceptors (Lipinski definition) is 2. The van der Waals surface area contributed by atoms with Crippen molar-refractivity contribution < 1.29 is 14.6 Å². The molecule has 2 aliphatic rings. The second-order valence-corrected chi connectivity index (χ2v) is 8.79. The first kappa shape index (κ1) is 21.6. The average molecular weight is 421 g/mol. The number of anilines is 1. The van der Waals surface area contributed by atoms with Crippen molar-refractivity contribution in [1.29, 1.82) is 0 Å². The van der Waals surface area contributed by atoms with Gasteiger partial charge in [-0.2, -0.15) is 0 Å². The Hall–Kier alpha value is -2.63. The summed E-state index contributed by atoms with van der Waals surface area (Å²) in [7, 11) is 0. The number of rotatable bonds is 6. The highest BCUT2D eigenvalue weighted by Crippen LogP contribution is 2.15. The summed E-state index contributed by atoms with van der Waals surface area (Å²) in [4.78, 5) is 20.7. The van der Waals surface area contributed by atoms with Gasteiger partial charge in [0.2, 0.25) is 0 Å². The average Bonchev–Trinajstić information content (AvgIpc) is 2.85. The van der Waals surface area contributed by atoms with E-state index in [-0.39, 0.29) is 6.04 Å². The van der Waals surface area contributed by atoms with Gasteiger partial charge in [-0.05, 0) is 30.7 Å². The van der Waals surface area contributed by atoms with Crippen LogP contribution in [0, 0.1) is 0 Å². The minimum atomic E-state index is 0.0599. The Bertz CT molecular complexity index is 838. The van der Waals surface area contributed by atoms with Gasteiger partial charge in [-0.1, -0.05) is 54.6 Å². The van der Waals surface area contributed by atoms with E-state index in [0.717, 1.165) is 58.9 Å². The molecule has 0 saturated carbocycles. The monoisotopic (exact) mass is 420 g/mol. The van der Waals surface area contributed by atoms with Gasteiger partial charge in [0.25, 0.3) is 5.91 Å². The van der Waals surface area contributed by atoms with Crippen LogP contribution in [-0.4, -0.2) is 75.8 Å². The lowest BCUT2D eigenvalue weighted by Gasteiger charge is -2.39. The molecule has 1 atom stereocenters. The van der Waals surface area contributed by atoms with Crippen molar-refractivity contribution in [2.75, 3.05) is 63.8 Å². The number of quaternary nitrogens is 2. The zero-order valence-corrected chi connectivity index (χ0v) is 18.7. The summed E-state index contributed by atoms with van der Waals surface area (Å²) in [5, 5.41) is 0. The molecule has 1 amide bonds.